The number of ether oxygens (including phenoxy) is 1. The van der Waals surface area contributed by atoms with Crippen molar-refractivity contribution in [2.75, 3.05) is 13.7 Å². The van der Waals surface area contributed by atoms with Crippen molar-refractivity contribution in [3.8, 4) is 5.75 Å². The summed E-state index contributed by atoms with van der Waals surface area (Å²) in [5, 5.41) is 3.87. The van der Waals surface area contributed by atoms with Crippen molar-refractivity contribution in [2.45, 2.75) is 91.5 Å². The Morgan fingerprint density at radius 1 is 1.06 bits per heavy atom. The van der Waals surface area contributed by atoms with Crippen LogP contribution in [0.15, 0.2) is 30.3 Å². The molecule has 2 nitrogen and oxygen atoms in total. The van der Waals surface area contributed by atoms with Gasteiger partial charge in [0.1, 0.15) is 5.75 Å². The molecule has 1 N–H and O–H groups in total. The Bertz CT molecular complexity index is 977. The maximum absolute atomic E-state index is 5.50. The fourth-order valence-corrected chi connectivity index (χ4v) is 6.96. The summed E-state index contributed by atoms with van der Waals surface area (Å²) < 4.78 is 5.50. The van der Waals surface area contributed by atoms with Gasteiger partial charge in [0, 0.05) is 13.1 Å². The topological polar surface area (TPSA) is 21.3 Å². The first kappa shape index (κ1) is 23.4. The first-order chi connectivity index (χ1) is 15.2. The fourth-order valence-electron chi connectivity index (χ4n) is 6.96. The van der Waals surface area contributed by atoms with Gasteiger partial charge in [-0.15, -0.1) is 0 Å². The van der Waals surface area contributed by atoms with Gasteiger partial charge in [-0.3, -0.25) is 0 Å². The van der Waals surface area contributed by atoms with Crippen molar-refractivity contribution in [2.24, 2.45) is 11.3 Å². The fraction of sp³-hybridized carbons (Fsp3) is 0.600. The van der Waals surface area contributed by atoms with E-state index < -0.39 is 0 Å². The van der Waals surface area contributed by atoms with Crippen LogP contribution in [0.2, 0.25) is 0 Å². The Balaban J connectivity index is 1.52. The number of fused-ring (bicyclic) bond motifs is 3. The molecule has 174 valence electrons. The SMILES string of the molecule is COc1cc(C)c(CNC[C@]2(C)CCC[C@@]3(C)c4ccc(C(C)C)cc4CC[C@H]23)cc1C. The number of hydrogen-bond acceptors (Lipinski definition) is 2. The minimum Gasteiger partial charge on any atom is -0.496 e. The van der Waals surface area contributed by atoms with Gasteiger partial charge in [-0.1, -0.05) is 58.4 Å². The Morgan fingerprint density at radius 3 is 2.56 bits per heavy atom. The molecular weight excluding hydrogens is 390 g/mol. The van der Waals surface area contributed by atoms with E-state index in [0.717, 1.165) is 24.8 Å². The number of methoxy groups -OCH3 is 1. The van der Waals surface area contributed by atoms with E-state index in [4.69, 9.17) is 4.74 Å². The molecule has 0 bridgehead atoms. The number of benzene rings is 2. The Hall–Kier alpha value is -1.80. The largest absolute Gasteiger partial charge is 0.496 e. The molecule has 2 heteroatoms. The lowest BCUT2D eigenvalue weighted by molar-refractivity contribution is 0.0257. The van der Waals surface area contributed by atoms with Crippen molar-refractivity contribution in [1.82, 2.24) is 5.32 Å². The average molecular weight is 434 g/mol. The van der Waals surface area contributed by atoms with Gasteiger partial charge in [0.15, 0.2) is 0 Å². The van der Waals surface area contributed by atoms with Gasteiger partial charge in [-0.25, -0.2) is 0 Å². The maximum Gasteiger partial charge on any atom is 0.122 e. The molecule has 2 aliphatic rings. The molecule has 2 aromatic carbocycles. The predicted octanol–water partition coefficient (Wildman–Crippen LogP) is 7.24. The van der Waals surface area contributed by atoms with Gasteiger partial charge in [0.05, 0.1) is 7.11 Å². The lowest BCUT2D eigenvalue weighted by atomic mass is 9.49. The van der Waals surface area contributed by atoms with E-state index >= 15 is 0 Å². The number of rotatable bonds is 6. The van der Waals surface area contributed by atoms with Gasteiger partial charge < -0.3 is 10.1 Å². The molecule has 0 radical (unpaired) electrons. The van der Waals surface area contributed by atoms with Gasteiger partial charge in [-0.05, 0) is 102 Å². The van der Waals surface area contributed by atoms with E-state index in [1.54, 1.807) is 18.2 Å². The zero-order valence-electron chi connectivity index (χ0n) is 21.4. The van der Waals surface area contributed by atoms with Crippen molar-refractivity contribution >= 4 is 0 Å². The summed E-state index contributed by atoms with van der Waals surface area (Å²) in [7, 11) is 1.76. The summed E-state index contributed by atoms with van der Waals surface area (Å²) in [4.78, 5) is 0. The van der Waals surface area contributed by atoms with Gasteiger partial charge in [0.2, 0.25) is 0 Å². The Kier molecular flexibility index (Phi) is 6.47. The number of hydrogen-bond donors (Lipinski definition) is 1. The molecule has 2 aromatic rings. The summed E-state index contributed by atoms with van der Waals surface area (Å²) in [6.07, 6.45) is 6.56. The molecule has 0 heterocycles. The zero-order chi connectivity index (χ0) is 23.1. The molecule has 32 heavy (non-hydrogen) atoms. The van der Waals surface area contributed by atoms with Crippen molar-refractivity contribution in [3.05, 3.63) is 63.7 Å². The molecule has 4 rings (SSSR count). The highest BCUT2D eigenvalue weighted by molar-refractivity contribution is 5.43. The Morgan fingerprint density at radius 2 is 1.84 bits per heavy atom. The summed E-state index contributed by atoms with van der Waals surface area (Å²) in [5.74, 6) is 2.34. The number of nitrogens with one attached hydrogen (secondary N) is 1. The van der Waals surface area contributed by atoms with Crippen LogP contribution in [0.4, 0.5) is 0 Å². The van der Waals surface area contributed by atoms with E-state index in [9.17, 15) is 0 Å². The molecule has 1 fully saturated rings. The number of aryl methyl sites for hydroxylation is 3. The van der Waals surface area contributed by atoms with E-state index in [-0.39, 0.29) is 0 Å². The quantitative estimate of drug-likeness (QED) is 0.518. The van der Waals surface area contributed by atoms with Crippen LogP contribution in [-0.4, -0.2) is 13.7 Å². The summed E-state index contributed by atoms with van der Waals surface area (Å²) >= 11 is 0. The minimum absolute atomic E-state index is 0.310. The van der Waals surface area contributed by atoms with Crippen LogP contribution in [0.25, 0.3) is 0 Å². The summed E-state index contributed by atoms with van der Waals surface area (Å²) in [6, 6.07) is 11.9. The van der Waals surface area contributed by atoms with Gasteiger partial charge in [-0.2, -0.15) is 0 Å². The standard InChI is InChI=1S/C30H43NO/c1-20(2)23-9-11-26-24(17-23)10-12-28-29(5,13-8-14-30(26,28)6)19-31-18-25-15-22(4)27(32-7)16-21(25)3/h9,11,15-17,20,28,31H,8,10,12-14,18-19H2,1-7H3/t28-,29+,30+/m1/s1. The molecule has 0 saturated heterocycles. The lowest BCUT2D eigenvalue weighted by Crippen LogP contribution is -2.52. The van der Waals surface area contributed by atoms with Crippen LogP contribution in [0.3, 0.4) is 0 Å². The zero-order valence-corrected chi connectivity index (χ0v) is 21.4. The smallest absolute Gasteiger partial charge is 0.122 e. The monoisotopic (exact) mass is 433 g/mol. The second kappa shape index (κ2) is 8.86. The first-order valence-corrected chi connectivity index (χ1v) is 12.7. The molecule has 2 aliphatic carbocycles. The normalized spacial score (nSPS) is 27.2. The molecular formula is C30H43NO. The highest BCUT2D eigenvalue weighted by atomic mass is 16.5. The van der Waals surface area contributed by atoms with Crippen LogP contribution in [0, 0.1) is 25.2 Å². The molecule has 1 saturated carbocycles. The van der Waals surface area contributed by atoms with Crippen LogP contribution in [0.5, 0.6) is 5.75 Å². The van der Waals surface area contributed by atoms with E-state index in [2.05, 4.69) is 77.2 Å². The highest BCUT2D eigenvalue weighted by Crippen LogP contribution is 2.57. The second-order valence-corrected chi connectivity index (χ2v) is 11.4. The molecule has 0 aromatic heterocycles. The Labute approximate surface area is 196 Å². The minimum atomic E-state index is 0.310. The highest BCUT2D eigenvalue weighted by Gasteiger charge is 2.51. The first-order valence-electron chi connectivity index (χ1n) is 12.7. The third-order valence-electron chi connectivity index (χ3n) is 8.87. The van der Waals surface area contributed by atoms with Crippen molar-refractivity contribution in [3.63, 3.8) is 0 Å². The van der Waals surface area contributed by atoms with Crippen LogP contribution < -0.4 is 10.1 Å². The van der Waals surface area contributed by atoms with Crippen LogP contribution >= 0.6 is 0 Å². The van der Waals surface area contributed by atoms with Gasteiger partial charge in [0.25, 0.3) is 0 Å². The molecule has 3 atom stereocenters. The third kappa shape index (κ3) is 4.12. The summed E-state index contributed by atoms with van der Waals surface area (Å²) in [6.45, 7) is 16.1. The van der Waals surface area contributed by atoms with E-state index in [1.807, 2.05) is 0 Å². The van der Waals surface area contributed by atoms with E-state index in [0.29, 0.717) is 16.7 Å². The molecule has 0 aliphatic heterocycles. The summed E-state index contributed by atoms with van der Waals surface area (Å²) in [5.41, 5.74) is 9.34. The average Bonchev–Trinajstić information content (AvgIpc) is 2.75. The van der Waals surface area contributed by atoms with Gasteiger partial charge >= 0.3 is 0 Å². The molecule has 0 amide bonds. The molecule has 0 unspecified atom stereocenters. The predicted molar refractivity (Wildman–Crippen MR) is 136 cm³/mol. The van der Waals surface area contributed by atoms with Crippen LogP contribution in [0.1, 0.15) is 92.7 Å². The van der Waals surface area contributed by atoms with Crippen LogP contribution in [-0.2, 0) is 18.4 Å². The lowest BCUT2D eigenvalue weighted by Gasteiger charge is -2.55. The van der Waals surface area contributed by atoms with E-state index in [1.165, 1.54) is 54.4 Å². The molecule has 0 spiro atoms. The maximum atomic E-state index is 5.50. The van der Waals surface area contributed by atoms with Crippen molar-refractivity contribution in [1.29, 1.82) is 0 Å². The van der Waals surface area contributed by atoms with Crippen molar-refractivity contribution < 1.29 is 4.74 Å². The second-order valence-electron chi connectivity index (χ2n) is 11.4. The third-order valence-corrected chi connectivity index (χ3v) is 8.87.